The van der Waals surface area contributed by atoms with Crippen molar-refractivity contribution >= 4 is 18.1 Å². The Morgan fingerprint density at radius 3 is 3.12 bits per heavy atom. The van der Waals surface area contributed by atoms with Crippen molar-refractivity contribution in [3.63, 3.8) is 0 Å². The molecule has 0 radical (unpaired) electrons. The molecule has 1 aliphatic rings. The van der Waals surface area contributed by atoms with Crippen LogP contribution in [-0.2, 0) is 24.2 Å². The summed E-state index contributed by atoms with van der Waals surface area (Å²) in [5.74, 6) is 1.67. The van der Waals surface area contributed by atoms with Gasteiger partial charge < -0.3 is 10.1 Å². The lowest BCUT2D eigenvalue weighted by molar-refractivity contribution is -0.122. The van der Waals surface area contributed by atoms with E-state index in [2.05, 4.69) is 28.5 Å². The van der Waals surface area contributed by atoms with E-state index in [0.717, 1.165) is 42.8 Å². The molecule has 1 heterocycles. The van der Waals surface area contributed by atoms with Gasteiger partial charge in [-0.25, -0.2) is 0 Å². The maximum absolute atomic E-state index is 12.5. The summed E-state index contributed by atoms with van der Waals surface area (Å²) in [6.07, 6.45) is 3.55. The fourth-order valence-electron chi connectivity index (χ4n) is 3.27. The molecule has 1 amide bonds. The Kier molecular flexibility index (Phi) is 4.99. The van der Waals surface area contributed by atoms with Gasteiger partial charge in [0, 0.05) is 6.42 Å². The molecule has 0 spiro atoms. The zero-order chi connectivity index (χ0) is 17.1. The smallest absolute Gasteiger partial charge is 0.240 e. The van der Waals surface area contributed by atoms with E-state index in [4.69, 9.17) is 17.0 Å². The number of H-pyrrole nitrogens is 1. The third-order valence-corrected chi connectivity index (χ3v) is 4.71. The van der Waals surface area contributed by atoms with Crippen molar-refractivity contribution in [2.24, 2.45) is 0 Å². The van der Waals surface area contributed by atoms with E-state index in [0.29, 0.717) is 4.77 Å². The van der Waals surface area contributed by atoms with E-state index in [-0.39, 0.29) is 18.5 Å². The lowest BCUT2D eigenvalue weighted by atomic mass is 10.1. The first-order valence-corrected chi connectivity index (χ1v) is 8.64. The summed E-state index contributed by atoms with van der Waals surface area (Å²) in [7, 11) is 1.68. The molecule has 0 fully saturated rings. The van der Waals surface area contributed by atoms with Crippen molar-refractivity contribution in [2.75, 3.05) is 7.11 Å². The molecule has 128 valence electrons. The highest BCUT2D eigenvalue weighted by Crippen LogP contribution is 2.36. The van der Waals surface area contributed by atoms with Crippen LogP contribution in [0.3, 0.4) is 0 Å². The van der Waals surface area contributed by atoms with E-state index in [1.807, 2.05) is 12.1 Å². The summed E-state index contributed by atoms with van der Waals surface area (Å²) in [5.41, 5.74) is 2.34. The second-order valence-corrected chi connectivity index (χ2v) is 6.35. The number of hydrogen-bond donors (Lipinski definition) is 2. The van der Waals surface area contributed by atoms with Crippen molar-refractivity contribution < 1.29 is 9.53 Å². The fourth-order valence-corrected chi connectivity index (χ4v) is 3.49. The molecule has 0 saturated carbocycles. The number of aromatic amines is 1. The van der Waals surface area contributed by atoms with Crippen molar-refractivity contribution in [3.8, 4) is 5.75 Å². The predicted molar refractivity (Wildman–Crippen MR) is 93.6 cm³/mol. The number of aromatic nitrogens is 3. The van der Waals surface area contributed by atoms with Gasteiger partial charge in [-0.2, -0.15) is 5.10 Å². The third-order valence-electron chi connectivity index (χ3n) is 4.40. The number of aryl methyl sites for hydroxylation is 1. The number of hydrogen-bond acceptors (Lipinski definition) is 4. The SMILES string of the molecule is CCCc1n[nH]c(=S)n1CC(=O)N[C@@H]1CCc2c(OC)cccc21. The Bertz CT molecular complexity index is 796. The van der Waals surface area contributed by atoms with E-state index < -0.39 is 0 Å². The number of amides is 1. The highest BCUT2D eigenvalue weighted by molar-refractivity contribution is 7.71. The lowest BCUT2D eigenvalue weighted by Crippen LogP contribution is -2.31. The molecule has 24 heavy (non-hydrogen) atoms. The second kappa shape index (κ2) is 7.17. The van der Waals surface area contributed by atoms with Crippen LogP contribution in [0.4, 0.5) is 0 Å². The molecule has 1 aliphatic carbocycles. The number of nitrogens with zero attached hydrogens (tertiary/aromatic N) is 2. The molecule has 1 aromatic heterocycles. The molecule has 0 unspecified atom stereocenters. The molecular weight excluding hydrogens is 324 g/mol. The summed E-state index contributed by atoms with van der Waals surface area (Å²) in [4.78, 5) is 12.5. The number of fused-ring (bicyclic) bond motifs is 1. The molecule has 0 aliphatic heterocycles. The highest BCUT2D eigenvalue weighted by atomic mass is 32.1. The predicted octanol–water partition coefficient (Wildman–Crippen LogP) is 2.71. The molecule has 2 aromatic rings. The van der Waals surface area contributed by atoms with Crippen molar-refractivity contribution in [1.82, 2.24) is 20.1 Å². The van der Waals surface area contributed by atoms with Crippen LogP contribution in [0.25, 0.3) is 0 Å². The van der Waals surface area contributed by atoms with Gasteiger partial charge in [0.15, 0.2) is 4.77 Å². The van der Waals surface area contributed by atoms with E-state index >= 15 is 0 Å². The second-order valence-electron chi connectivity index (χ2n) is 5.97. The van der Waals surface area contributed by atoms with E-state index in [9.17, 15) is 4.79 Å². The molecule has 3 rings (SSSR count). The van der Waals surface area contributed by atoms with Crippen LogP contribution in [-0.4, -0.2) is 27.8 Å². The number of ether oxygens (including phenoxy) is 1. The summed E-state index contributed by atoms with van der Waals surface area (Å²) in [5, 5.41) is 10.1. The monoisotopic (exact) mass is 346 g/mol. The standard InChI is InChI=1S/C17H22N4O2S/c1-3-5-15-19-20-17(24)21(15)10-16(22)18-13-9-8-12-11(13)6-4-7-14(12)23-2/h4,6-7,13H,3,5,8-10H2,1-2H3,(H,18,22)(H,20,24)/t13-/m1/s1. The number of carbonyl (C=O) groups is 1. The molecule has 1 atom stereocenters. The first-order chi connectivity index (χ1) is 11.6. The normalized spacial score (nSPS) is 16.0. The number of carbonyl (C=O) groups excluding carboxylic acids is 1. The van der Waals surface area contributed by atoms with Gasteiger partial charge in [0.25, 0.3) is 0 Å². The average Bonchev–Trinajstić information content (AvgIpc) is 3.13. The van der Waals surface area contributed by atoms with Crippen LogP contribution in [0.15, 0.2) is 18.2 Å². The van der Waals surface area contributed by atoms with Gasteiger partial charge in [-0.15, -0.1) is 0 Å². The number of methoxy groups -OCH3 is 1. The van der Waals surface area contributed by atoms with Gasteiger partial charge in [0.05, 0.1) is 13.2 Å². The van der Waals surface area contributed by atoms with Crippen molar-refractivity contribution in [3.05, 3.63) is 39.9 Å². The maximum atomic E-state index is 12.5. The van der Waals surface area contributed by atoms with Gasteiger partial charge in [0.2, 0.25) is 5.91 Å². The summed E-state index contributed by atoms with van der Waals surface area (Å²) in [6, 6.07) is 6.01. The van der Waals surface area contributed by atoms with Crippen molar-refractivity contribution in [2.45, 2.75) is 45.2 Å². The third kappa shape index (κ3) is 3.21. The van der Waals surface area contributed by atoms with Crippen LogP contribution in [0.5, 0.6) is 5.75 Å². The number of benzene rings is 1. The Hall–Kier alpha value is -2.15. The van der Waals surface area contributed by atoms with Crippen LogP contribution in [0.1, 0.15) is 42.8 Å². The minimum Gasteiger partial charge on any atom is -0.496 e. The number of nitrogens with one attached hydrogen (secondary N) is 2. The Labute approximate surface area is 146 Å². The van der Waals surface area contributed by atoms with Gasteiger partial charge in [-0.3, -0.25) is 14.5 Å². The summed E-state index contributed by atoms with van der Waals surface area (Å²) in [6.45, 7) is 2.27. The fraction of sp³-hybridized carbons (Fsp3) is 0.471. The molecular formula is C17H22N4O2S. The van der Waals surface area contributed by atoms with Crippen LogP contribution >= 0.6 is 12.2 Å². The highest BCUT2D eigenvalue weighted by Gasteiger charge is 2.26. The molecule has 7 heteroatoms. The van der Waals surface area contributed by atoms with Crippen LogP contribution < -0.4 is 10.1 Å². The largest absolute Gasteiger partial charge is 0.496 e. The summed E-state index contributed by atoms with van der Waals surface area (Å²) < 4.78 is 7.67. The Balaban J connectivity index is 1.72. The molecule has 6 nitrogen and oxygen atoms in total. The molecule has 0 saturated heterocycles. The topological polar surface area (TPSA) is 71.9 Å². The first-order valence-electron chi connectivity index (χ1n) is 8.23. The van der Waals surface area contributed by atoms with Gasteiger partial charge in [-0.05, 0) is 48.7 Å². The Morgan fingerprint density at radius 2 is 2.38 bits per heavy atom. The van der Waals surface area contributed by atoms with Crippen LogP contribution in [0.2, 0.25) is 0 Å². The van der Waals surface area contributed by atoms with Gasteiger partial charge in [0.1, 0.15) is 18.1 Å². The lowest BCUT2D eigenvalue weighted by Gasteiger charge is -2.15. The van der Waals surface area contributed by atoms with Gasteiger partial charge in [-0.1, -0.05) is 19.1 Å². The zero-order valence-corrected chi connectivity index (χ0v) is 14.8. The average molecular weight is 346 g/mol. The maximum Gasteiger partial charge on any atom is 0.240 e. The molecule has 0 bridgehead atoms. The van der Waals surface area contributed by atoms with Crippen LogP contribution in [0, 0.1) is 4.77 Å². The van der Waals surface area contributed by atoms with E-state index in [1.54, 1.807) is 11.7 Å². The minimum atomic E-state index is -0.0504. The summed E-state index contributed by atoms with van der Waals surface area (Å²) >= 11 is 5.23. The Morgan fingerprint density at radius 1 is 1.54 bits per heavy atom. The molecule has 2 N–H and O–H groups in total. The first kappa shape index (κ1) is 16.7. The zero-order valence-electron chi connectivity index (χ0n) is 14.0. The van der Waals surface area contributed by atoms with Crippen molar-refractivity contribution in [1.29, 1.82) is 0 Å². The van der Waals surface area contributed by atoms with Gasteiger partial charge >= 0.3 is 0 Å². The van der Waals surface area contributed by atoms with E-state index in [1.165, 1.54) is 5.56 Å². The number of rotatable bonds is 6. The quantitative estimate of drug-likeness (QED) is 0.789. The minimum absolute atomic E-state index is 0.0262. The molecule has 1 aromatic carbocycles.